The Hall–Kier alpha value is 0.310. The molecule has 0 unspecified atom stereocenters. The normalized spacial score (nSPS) is 40.9. The van der Waals surface area contributed by atoms with Crippen molar-refractivity contribution in [3.05, 3.63) is 0 Å². The number of fused-ring (bicyclic) bond motifs is 2. The number of rotatable bonds is 0. The Balaban J connectivity index is 2.48. The fourth-order valence-electron chi connectivity index (χ4n) is 2.83. The third-order valence-corrected chi connectivity index (χ3v) is 5.34. The van der Waals surface area contributed by atoms with Crippen LogP contribution in [0.5, 0.6) is 0 Å². The van der Waals surface area contributed by atoms with Crippen LogP contribution in [0.3, 0.4) is 0 Å². The Morgan fingerprint density at radius 1 is 1.12 bits per heavy atom. The van der Waals surface area contributed by atoms with Crippen LogP contribution in [-0.2, 0) is 0 Å². The van der Waals surface area contributed by atoms with Gasteiger partial charge in [0.2, 0.25) is 0 Å². The van der Waals surface area contributed by atoms with Crippen molar-refractivity contribution >= 4 is 27.5 Å². The molecule has 1 nitrogen and oxygen atoms in total. The SMILES string of the molecule is FC(F)(F)C1(C(F)(F)F)[NH2+][C@H]2[C@H](Br)[C@@H]1C[C@H]2Cl. The molecule has 2 aliphatic rings. The molecule has 2 rings (SSSR count). The van der Waals surface area contributed by atoms with Gasteiger partial charge in [-0.3, -0.25) is 0 Å². The van der Waals surface area contributed by atoms with E-state index >= 15 is 0 Å². The van der Waals surface area contributed by atoms with Crippen LogP contribution >= 0.6 is 27.5 Å². The average Bonchev–Trinajstić information content (AvgIpc) is 2.53. The van der Waals surface area contributed by atoms with Crippen molar-refractivity contribution < 1.29 is 31.7 Å². The predicted molar refractivity (Wildman–Crippen MR) is 51.0 cm³/mol. The molecular formula is C8H8BrClF6N+. The van der Waals surface area contributed by atoms with E-state index in [0.717, 1.165) is 0 Å². The maximum atomic E-state index is 12.9. The van der Waals surface area contributed by atoms with Crippen LogP contribution in [0.4, 0.5) is 26.3 Å². The van der Waals surface area contributed by atoms with Gasteiger partial charge in [0.05, 0.1) is 16.1 Å². The molecule has 4 atom stereocenters. The first-order valence-electron chi connectivity index (χ1n) is 4.80. The molecule has 0 amide bonds. The lowest BCUT2D eigenvalue weighted by Gasteiger charge is -2.38. The predicted octanol–water partition coefficient (Wildman–Crippen LogP) is 2.19. The topological polar surface area (TPSA) is 16.6 Å². The van der Waals surface area contributed by atoms with Crippen LogP contribution in [0.2, 0.25) is 0 Å². The smallest absolute Gasteiger partial charge is 0.321 e. The summed E-state index contributed by atoms with van der Waals surface area (Å²) in [5.41, 5.74) is -3.72. The van der Waals surface area contributed by atoms with E-state index < -0.39 is 40.1 Å². The molecule has 9 heteroatoms. The van der Waals surface area contributed by atoms with E-state index in [1.54, 1.807) is 0 Å². The third-order valence-electron chi connectivity index (χ3n) is 3.63. The van der Waals surface area contributed by atoms with Gasteiger partial charge >= 0.3 is 12.4 Å². The lowest BCUT2D eigenvalue weighted by molar-refractivity contribution is -0.794. The largest absolute Gasteiger partial charge is 0.454 e. The Labute approximate surface area is 106 Å². The second-order valence-corrected chi connectivity index (χ2v) is 6.03. The number of nitrogens with two attached hydrogens (primary N) is 1. The lowest BCUT2D eigenvalue weighted by Crippen LogP contribution is -3.07. The van der Waals surface area contributed by atoms with Crippen molar-refractivity contribution in [3.8, 4) is 0 Å². The van der Waals surface area contributed by atoms with E-state index in [4.69, 9.17) is 11.6 Å². The van der Waals surface area contributed by atoms with E-state index in [1.807, 2.05) is 0 Å². The second kappa shape index (κ2) is 3.66. The van der Waals surface area contributed by atoms with E-state index in [1.165, 1.54) is 0 Å². The molecule has 100 valence electrons. The Morgan fingerprint density at radius 2 is 1.59 bits per heavy atom. The molecular weight excluding hydrogens is 339 g/mol. The molecule has 2 bridgehead atoms. The zero-order chi connectivity index (χ0) is 13.2. The van der Waals surface area contributed by atoms with Crippen molar-refractivity contribution in [2.45, 2.75) is 40.6 Å². The maximum Gasteiger partial charge on any atom is 0.454 e. The van der Waals surface area contributed by atoms with Gasteiger partial charge in [0.25, 0.3) is 5.54 Å². The van der Waals surface area contributed by atoms with Gasteiger partial charge < -0.3 is 5.32 Å². The molecule has 0 radical (unpaired) electrons. The summed E-state index contributed by atoms with van der Waals surface area (Å²) < 4.78 is 77.1. The summed E-state index contributed by atoms with van der Waals surface area (Å²) in [6.07, 6.45) is -11.0. The van der Waals surface area contributed by atoms with Gasteiger partial charge in [0.15, 0.2) is 0 Å². The van der Waals surface area contributed by atoms with Gasteiger partial charge in [-0.2, -0.15) is 26.3 Å². The minimum atomic E-state index is -5.34. The number of halogens is 8. The first kappa shape index (κ1) is 13.7. The van der Waals surface area contributed by atoms with E-state index in [2.05, 4.69) is 15.9 Å². The number of alkyl halides is 8. The number of quaternary nitrogens is 1. The Bertz CT molecular complexity index is 315. The van der Waals surface area contributed by atoms with Crippen molar-refractivity contribution in [2.24, 2.45) is 5.92 Å². The van der Waals surface area contributed by atoms with Crippen LogP contribution in [0.15, 0.2) is 0 Å². The average molecular weight is 348 g/mol. The molecule has 1 saturated heterocycles. The summed E-state index contributed by atoms with van der Waals surface area (Å²) in [7, 11) is 0. The summed E-state index contributed by atoms with van der Waals surface area (Å²) >= 11 is 8.65. The third kappa shape index (κ3) is 1.63. The number of piperidine rings is 1. The minimum absolute atomic E-state index is 0.280. The highest BCUT2D eigenvalue weighted by Crippen LogP contribution is 2.55. The van der Waals surface area contributed by atoms with Crippen molar-refractivity contribution in [3.63, 3.8) is 0 Å². The molecule has 1 saturated carbocycles. The quantitative estimate of drug-likeness (QED) is 0.511. The molecule has 0 aromatic carbocycles. The van der Waals surface area contributed by atoms with E-state index in [0.29, 0.717) is 5.32 Å². The Kier molecular flexibility index (Phi) is 2.96. The van der Waals surface area contributed by atoms with E-state index in [9.17, 15) is 26.3 Å². The zero-order valence-electron chi connectivity index (χ0n) is 8.12. The van der Waals surface area contributed by atoms with Crippen LogP contribution in [0, 0.1) is 5.92 Å². The summed E-state index contributed by atoms with van der Waals surface area (Å²) in [6, 6.07) is -0.898. The molecule has 17 heavy (non-hydrogen) atoms. The summed E-state index contributed by atoms with van der Waals surface area (Å²) in [6.45, 7) is 0. The molecule has 1 heterocycles. The minimum Gasteiger partial charge on any atom is -0.321 e. The van der Waals surface area contributed by atoms with Gasteiger partial charge in [0.1, 0.15) is 6.04 Å². The molecule has 0 spiro atoms. The molecule has 0 aromatic heterocycles. The second-order valence-electron chi connectivity index (χ2n) is 4.41. The van der Waals surface area contributed by atoms with Gasteiger partial charge in [-0.15, -0.1) is 11.6 Å². The van der Waals surface area contributed by atoms with Crippen LogP contribution in [0.25, 0.3) is 0 Å². The molecule has 1 aliphatic carbocycles. The molecule has 2 N–H and O–H groups in total. The van der Waals surface area contributed by atoms with E-state index in [-0.39, 0.29) is 6.42 Å². The molecule has 1 aliphatic heterocycles. The van der Waals surface area contributed by atoms with Gasteiger partial charge in [0, 0.05) is 0 Å². The molecule has 0 aromatic rings. The zero-order valence-corrected chi connectivity index (χ0v) is 10.5. The fourth-order valence-corrected chi connectivity index (χ4v) is 4.58. The lowest BCUT2D eigenvalue weighted by atomic mass is 9.82. The van der Waals surface area contributed by atoms with Crippen LogP contribution in [0.1, 0.15) is 6.42 Å². The molecule has 2 fully saturated rings. The first-order chi connectivity index (χ1) is 7.52. The first-order valence-corrected chi connectivity index (χ1v) is 6.15. The highest BCUT2D eigenvalue weighted by atomic mass is 79.9. The highest BCUT2D eigenvalue weighted by molar-refractivity contribution is 9.09. The fraction of sp³-hybridized carbons (Fsp3) is 1.00. The van der Waals surface area contributed by atoms with Gasteiger partial charge in [-0.25, -0.2) is 0 Å². The number of hydrogen-bond acceptors (Lipinski definition) is 0. The highest BCUT2D eigenvalue weighted by Gasteiger charge is 2.85. The van der Waals surface area contributed by atoms with Crippen LogP contribution < -0.4 is 5.32 Å². The van der Waals surface area contributed by atoms with Crippen molar-refractivity contribution in [1.29, 1.82) is 0 Å². The monoisotopic (exact) mass is 346 g/mol. The summed E-state index contributed by atoms with van der Waals surface area (Å²) in [5.74, 6) is -1.57. The Morgan fingerprint density at radius 3 is 1.82 bits per heavy atom. The maximum absolute atomic E-state index is 12.9. The van der Waals surface area contributed by atoms with Gasteiger partial charge in [-0.05, 0) is 6.42 Å². The standard InChI is InChI=1S/C8H7BrClF6N/c9-4-2-1-3(10)5(4)17-6(2,7(11,12)13)8(14,15)16/h2-5,17H,1H2/p+1/t2-,3+,4+,5+/m0/s1. The van der Waals surface area contributed by atoms with Crippen LogP contribution in [-0.4, -0.2) is 34.1 Å². The summed E-state index contributed by atoms with van der Waals surface area (Å²) in [5, 5.41) is -0.319. The number of hydrogen-bond donors (Lipinski definition) is 1. The van der Waals surface area contributed by atoms with Crippen molar-refractivity contribution in [1.82, 2.24) is 0 Å². The van der Waals surface area contributed by atoms with Gasteiger partial charge in [-0.1, -0.05) is 15.9 Å². The summed E-state index contributed by atoms with van der Waals surface area (Å²) in [4.78, 5) is -0.867. The van der Waals surface area contributed by atoms with Crippen molar-refractivity contribution in [2.75, 3.05) is 0 Å².